The molecule has 0 radical (unpaired) electrons. The van der Waals surface area contributed by atoms with Gasteiger partial charge in [0.25, 0.3) is 0 Å². The average molecular weight is 301 g/mol. The Balaban J connectivity index is 1.60. The van der Waals surface area contributed by atoms with Crippen molar-refractivity contribution in [1.82, 2.24) is 4.90 Å². The summed E-state index contributed by atoms with van der Waals surface area (Å²) in [5.74, 6) is 0.736. The molecule has 1 saturated heterocycles. The Morgan fingerprint density at radius 3 is 2.55 bits per heavy atom. The number of amides is 1. The molecule has 2 aliphatic rings. The molecule has 4 heteroatoms. The van der Waals surface area contributed by atoms with Crippen LogP contribution in [0.5, 0.6) is 0 Å². The number of carbonyl (C=O) groups is 2. The molecule has 0 aromatic heterocycles. The first-order valence-electron chi connectivity index (χ1n) is 7.84. The summed E-state index contributed by atoms with van der Waals surface area (Å²) in [6.45, 7) is 7.25. The van der Waals surface area contributed by atoms with Crippen LogP contribution in [-0.4, -0.2) is 35.8 Å². The summed E-state index contributed by atoms with van der Waals surface area (Å²) in [6, 6.07) is 9.83. The maximum absolute atomic E-state index is 11.9. The van der Waals surface area contributed by atoms with Crippen LogP contribution in [0.3, 0.4) is 0 Å². The Morgan fingerprint density at radius 1 is 1.27 bits per heavy atom. The molecule has 4 atom stereocenters. The fraction of sp³-hybridized carbons (Fsp3) is 0.556. The number of nitrogens with zero attached hydrogens (tertiary/aromatic N) is 1. The largest absolute Gasteiger partial charge is 0.376 e. The lowest BCUT2D eigenvalue weighted by Gasteiger charge is -2.29. The quantitative estimate of drug-likeness (QED) is 0.838. The number of hydrogen-bond acceptors (Lipinski definition) is 3. The lowest BCUT2D eigenvalue weighted by Crippen LogP contribution is -2.44. The number of piperidine rings is 1. The van der Waals surface area contributed by atoms with Gasteiger partial charge in [-0.05, 0) is 24.3 Å². The SMILES string of the molecule is CC(=O)[C@@H]1[C@@H]2[C@H](CN1C(C)=O)C2(C)COCc1ccccc1. The molecule has 3 rings (SSSR count). The van der Waals surface area contributed by atoms with Crippen LogP contribution in [0.4, 0.5) is 0 Å². The first-order chi connectivity index (χ1) is 10.4. The van der Waals surface area contributed by atoms with E-state index in [9.17, 15) is 9.59 Å². The zero-order valence-corrected chi connectivity index (χ0v) is 13.4. The molecular weight excluding hydrogens is 278 g/mol. The van der Waals surface area contributed by atoms with E-state index in [0.29, 0.717) is 25.7 Å². The molecule has 0 bridgehead atoms. The second-order valence-electron chi connectivity index (χ2n) is 6.84. The van der Waals surface area contributed by atoms with E-state index in [2.05, 4.69) is 6.92 Å². The maximum Gasteiger partial charge on any atom is 0.220 e. The van der Waals surface area contributed by atoms with Crippen molar-refractivity contribution >= 4 is 11.7 Å². The maximum atomic E-state index is 11.9. The predicted octanol–water partition coefficient (Wildman–Crippen LogP) is 2.28. The molecule has 1 saturated carbocycles. The number of hydrogen-bond donors (Lipinski definition) is 0. The summed E-state index contributed by atoms with van der Waals surface area (Å²) in [4.78, 5) is 25.4. The summed E-state index contributed by atoms with van der Waals surface area (Å²) in [5.41, 5.74) is 1.18. The highest BCUT2D eigenvalue weighted by Gasteiger charge is 2.70. The summed E-state index contributed by atoms with van der Waals surface area (Å²) in [6.07, 6.45) is 0. The Morgan fingerprint density at radius 2 is 1.95 bits per heavy atom. The molecule has 0 spiro atoms. The van der Waals surface area contributed by atoms with Crippen LogP contribution in [-0.2, 0) is 20.9 Å². The van der Waals surface area contributed by atoms with E-state index in [4.69, 9.17) is 4.74 Å². The van der Waals surface area contributed by atoms with Crippen molar-refractivity contribution in [2.45, 2.75) is 33.4 Å². The van der Waals surface area contributed by atoms with Gasteiger partial charge in [0.2, 0.25) is 5.91 Å². The van der Waals surface area contributed by atoms with E-state index in [0.717, 1.165) is 5.56 Å². The standard InChI is InChI=1S/C18H23NO3/c1-12(20)17-16-15(9-19(17)13(2)21)18(16,3)11-22-10-14-7-5-4-6-8-14/h4-8,15-17H,9-11H2,1-3H3/t15-,16-,17+,18?/m0/s1. The Hall–Kier alpha value is -1.68. The molecule has 1 aromatic carbocycles. The normalized spacial score (nSPS) is 32.7. The summed E-state index contributed by atoms with van der Waals surface area (Å²) >= 11 is 0. The van der Waals surface area contributed by atoms with E-state index in [-0.39, 0.29) is 29.1 Å². The highest BCUT2D eigenvalue weighted by Crippen LogP contribution is 2.65. The van der Waals surface area contributed by atoms with E-state index in [1.165, 1.54) is 0 Å². The zero-order valence-electron chi connectivity index (χ0n) is 13.4. The molecule has 4 nitrogen and oxygen atoms in total. The van der Waals surface area contributed by atoms with Gasteiger partial charge in [-0.25, -0.2) is 0 Å². The minimum atomic E-state index is -0.257. The highest BCUT2D eigenvalue weighted by atomic mass is 16.5. The molecule has 1 aromatic rings. The van der Waals surface area contributed by atoms with Crippen LogP contribution in [0.25, 0.3) is 0 Å². The molecule has 22 heavy (non-hydrogen) atoms. The van der Waals surface area contributed by atoms with Crippen LogP contribution in [0.1, 0.15) is 26.3 Å². The van der Waals surface area contributed by atoms with Gasteiger partial charge in [0.05, 0.1) is 19.3 Å². The van der Waals surface area contributed by atoms with Gasteiger partial charge in [-0.15, -0.1) is 0 Å². The number of carbonyl (C=O) groups excluding carboxylic acids is 2. The van der Waals surface area contributed by atoms with Crippen LogP contribution in [0, 0.1) is 17.3 Å². The molecule has 0 N–H and O–H groups in total. The number of fused-ring (bicyclic) bond motifs is 1. The number of benzene rings is 1. The van der Waals surface area contributed by atoms with E-state index < -0.39 is 0 Å². The van der Waals surface area contributed by atoms with Crippen LogP contribution >= 0.6 is 0 Å². The number of likely N-dealkylation sites (tertiary alicyclic amines) is 1. The average Bonchev–Trinajstić information content (AvgIpc) is 2.86. The van der Waals surface area contributed by atoms with E-state index in [1.807, 2.05) is 30.3 Å². The smallest absolute Gasteiger partial charge is 0.220 e. The monoisotopic (exact) mass is 301 g/mol. The first-order valence-corrected chi connectivity index (χ1v) is 7.84. The summed E-state index contributed by atoms with van der Waals surface area (Å²) < 4.78 is 5.89. The van der Waals surface area contributed by atoms with Crippen molar-refractivity contribution in [2.75, 3.05) is 13.2 Å². The van der Waals surface area contributed by atoms with Gasteiger partial charge >= 0.3 is 0 Å². The zero-order chi connectivity index (χ0) is 15.9. The number of ether oxygens (including phenoxy) is 1. The molecule has 1 amide bonds. The van der Waals surface area contributed by atoms with E-state index >= 15 is 0 Å². The second kappa shape index (κ2) is 5.51. The van der Waals surface area contributed by atoms with Gasteiger partial charge in [-0.1, -0.05) is 37.3 Å². The number of rotatable bonds is 5. The van der Waals surface area contributed by atoms with Gasteiger partial charge in [0.1, 0.15) is 0 Å². The third-order valence-electron chi connectivity index (χ3n) is 5.35. The van der Waals surface area contributed by atoms with Crippen molar-refractivity contribution in [3.63, 3.8) is 0 Å². The Kier molecular flexibility index (Phi) is 3.81. The summed E-state index contributed by atoms with van der Waals surface area (Å²) in [5, 5.41) is 0. The molecule has 1 heterocycles. The van der Waals surface area contributed by atoms with Crippen LogP contribution < -0.4 is 0 Å². The van der Waals surface area contributed by atoms with Crippen LogP contribution in [0.2, 0.25) is 0 Å². The minimum absolute atomic E-state index is 0.0000427. The fourth-order valence-electron chi connectivity index (χ4n) is 4.08. The molecular formula is C18H23NO3. The van der Waals surface area contributed by atoms with Gasteiger partial charge < -0.3 is 9.64 Å². The third kappa shape index (κ3) is 2.45. The van der Waals surface area contributed by atoms with E-state index in [1.54, 1.807) is 18.7 Å². The van der Waals surface area contributed by atoms with Gasteiger partial charge in [-0.3, -0.25) is 9.59 Å². The topological polar surface area (TPSA) is 46.6 Å². The van der Waals surface area contributed by atoms with Crippen LogP contribution in [0.15, 0.2) is 30.3 Å². The molecule has 1 unspecified atom stereocenters. The van der Waals surface area contributed by atoms with Crippen molar-refractivity contribution in [1.29, 1.82) is 0 Å². The van der Waals surface area contributed by atoms with Gasteiger partial charge in [0.15, 0.2) is 5.78 Å². The lowest BCUT2D eigenvalue weighted by molar-refractivity contribution is -0.137. The Labute approximate surface area is 131 Å². The fourth-order valence-corrected chi connectivity index (χ4v) is 4.08. The molecule has 1 aliphatic heterocycles. The lowest BCUT2D eigenvalue weighted by atomic mass is 9.97. The van der Waals surface area contributed by atoms with Crippen molar-refractivity contribution < 1.29 is 14.3 Å². The van der Waals surface area contributed by atoms with Crippen molar-refractivity contribution in [3.05, 3.63) is 35.9 Å². The molecule has 1 aliphatic carbocycles. The minimum Gasteiger partial charge on any atom is -0.376 e. The van der Waals surface area contributed by atoms with Crippen molar-refractivity contribution in [2.24, 2.45) is 17.3 Å². The second-order valence-corrected chi connectivity index (χ2v) is 6.84. The van der Waals surface area contributed by atoms with Crippen molar-refractivity contribution in [3.8, 4) is 0 Å². The Bertz CT molecular complexity index is 585. The molecule has 2 fully saturated rings. The molecule has 118 valence electrons. The summed E-state index contributed by atoms with van der Waals surface area (Å²) in [7, 11) is 0. The van der Waals surface area contributed by atoms with Gasteiger partial charge in [-0.2, -0.15) is 0 Å². The first kappa shape index (κ1) is 15.2. The number of ketones is 1. The number of Topliss-reactive ketones (excluding diaryl/α,β-unsaturated/α-hetero) is 1. The highest BCUT2D eigenvalue weighted by molar-refractivity contribution is 5.88. The third-order valence-corrected chi connectivity index (χ3v) is 5.35. The predicted molar refractivity (Wildman–Crippen MR) is 83.0 cm³/mol. The van der Waals surface area contributed by atoms with Gasteiger partial charge in [0, 0.05) is 18.9 Å².